The molecule has 3 rings (SSSR count). The normalized spacial score (nSPS) is 10.9. The Morgan fingerprint density at radius 1 is 1.18 bits per heavy atom. The van der Waals surface area contributed by atoms with E-state index in [9.17, 15) is 25.0 Å². The Morgan fingerprint density at radius 3 is 2.68 bits per heavy atom. The molecule has 0 saturated carbocycles. The molecule has 2 aromatic carbocycles. The van der Waals surface area contributed by atoms with Gasteiger partial charge < -0.3 is 4.84 Å². The zero-order valence-corrected chi connectivity index (χ0v) is 14.8. The summed E-state index contributed by atoms with van der Waals surface area (Å²) in [5, 5.41) is 27.9. The molecule has 3 aromatic rings. The molecule has 0 aliphatic heterocycles. The fourth-order valence-electron chi connectivity index (χ4n) is 2.15. The van der Waals surface area contributed by atoms with Gasteiger partial charge in [-0.1, -0.05) is 28.6 Å². The first-order valence-electron chi connectivity index (χ1n) is 7.67. The van der Waals surface area contributed by atoms with Crippen LogP contribution in [0.1, 0.15) is 5.56 Å². The van der Waals surface area contributed by atoms with Crippen molar-refractivity contribution < 1.29 is 19.5 Å². The van der Waals surface area contributed by atoms with E-state index in [2.05, 4.69) is 15.5 Å². The number of fused-ring (bicyclic) bond motifs is 1. The molecule has 0 atom stereocenters. The molecule has 0 aliphatic carbocycles. The zero-order chi connectivity index (χ0) is 20.1. The number of nitrogens with one attached hydrogen (secondary N) is 1. The van der Waals surface area contributed by atoms with Gasteiger partial charge >= 0.3 is 0 Å². The number of aromatic nitrogens is 1. The minimum absolute atomic E-state index is 0.0622. The Morgan fingerprint density at radius 2 is 1.93 bits per heavy atom. The highest BCUT2D eigenvalue weighted by atomic mass is 32.1. The van der Waals surface area contributed by atoms with E-state index in [-0.39, 0.29) is 16.5 Å². The molecule has 28 heavy (non-hydrogen) atoms. The summed E-state index contributed by atoms with van der Waals surface area (Å²) in [7, 11) is 0. The zero-order valence-electron chi connectivity index (χ0n) is 14.0. The summed E-state index contributed by atoms with van der Waals surface area (Å²) >= 11 is 1.09. The minimum Gasteiger partial charge on any atom is -0.386 e. The van der Waals surface area contributed by atoms with E-state index in [0.717, 1.165) is 11.3 Å². The van der Waals surface area contributed by atoms with Crippen LogP contribution in [0, 0.1) is 20.2 Å². The van der Waals surface area contributed by atoms with Gasteiger partial charge in [0.15, 0.2) is 11.7 Å². The molecule has 1 amide bonds. The Balaban J connectivity index is 1.55. The van der Waals surface area contributed by atoms with E-state index in [1.807, 2.05) is 0 Å². The number of amides is 1. The van der Waals surface area contributed by atoms with Gasteiger partial charge in [0, 0.05) is 29.8 Å². The van der Waals surface area contributed by atoms with Crippen LogP contribution < -0.4 is 5.32 Å². The lowest BCUT2D eigenvalue weighted by atomic mass is 10.2. The third kappa shape index (κ3) is 4.62. The Labute approximate surface area is 160 Å². The van der Waals surface area contributed by atoms with Gasteiger partial charge in [0.25, 0.3) is 17.3 Å². The van der Waals surface area contributed by atoms with Crippen molar-refractivity contribution in [3.63, 3.8) is 0 Å². The molecular formula is C16H11N5O6S. The average Bonchev–Trinajstić information content (AvgIpc) is 3.06. The lowest BCUT2D eigenvalue weighted by Crippen LogP contribution is -2.16. The summed E-state index contributed by atoms with van der Waals surface area (Å²) in [6.07, 6.45) is 1.25. The molecule has 0 fully saturated rings. The van der Waals surface area contributed by atoms with E-state index in [1.165, 1.54) is 42.6 Å². The summed E-state index contributed by atoms with van der Waals surface area (Å²) in [5.41, 5.74) is 0.823. The van der Waals surface area contributed by atoms with Crippen LogP contribution in [0.2, 0.25) is 0 Å². The molecule has 12 heteroatoms. The second-order valence-electron chi connectivity index (χ2n) is 5.34. The van der Waals surface area contributed by atoms with Crippen LogP contribution in [0.5, 0.6) is 0 Å². The molecule has 0 spiro atoms. The van der Waals surface area contributed by atoms with E-state index >= 15 is 0 Å². The number of carbonyl (C=O) groups excluding carboxylic acids is 1. The fraction of sp³-hybridized carbons (Fsp3) is 0.0625. The van der Waals surface area contributed by atoms with E-state index in [1.54, 1.807) is 6.07 Å². The second-order valence-corrected chi connectivity index (χ2v) is 6.37. The van der Waals surface area contributed by atoms with E-state index in [0.29, 0.717) is 15.8 Å². The van der Waals surface area contributed by atoms with Crippen molar-refractivity contribution in [1.82, 2.24) is 4.98 Å². The number of thiazole rings is 1. The maximum absolute atomic E-state index is 11.9. The van der Waals surface area contributed by atoms with Gasteiger partial charge in [0.1, 0.15) is 0 Å². The van der Waals surface area contributed by atoms with Crippen LogP contribution in [0.15, 0.2) is 47.6 Å². The molecule has 0 unspecified atom stereocenters. The molecule has 1 N–H and O–H groups in total. The van der Waals surface area contributed by atoms with Gasteiger partial charge in [-0.2, -0.15) is 0 Å². The van der Waals surface area contributed by atoms with Crippen molar-refractivity contribution in [2.45, 2.75) is 0 Å². The topological polar surface area (TPSA) is 150 Å². The van der Waals surface area contributed by atoms with Crippen LogP contribution in [0.4, 0.5) is 16.5 Å². The predicted molar refractivity (Wildman–Crippen MR) is 102 cm³/mol. The monoisotopic (exact) mass is 401 g/mol. The number of anilines is 1. The SMILES string of the molecule is O=C(CO/N=C/c1cccc([N+](=O)[O-])c1)Nc1nc2ccc([N+](=O)[O-])cc2s1. The van der Waals surface area contributed by atoms with Crippen molar-refractivity contribution >= 4 is 50.2 Å². The maximum atomic E-state index is 11.9. The number of non-ortho nitro benzene ring substituents is 2. The lowest BCUT2D eigenvalue weighted by Gasteiger charge is -1.99. The van der Waals surface area contributed by atoms with Crippen molar-refractivity contribution in [3.8, 4) is 0 Å². The first-order valence-corrected chi connectivity index (χ1v) is 8.48. The highest BCUT2D eigenvalue weighted by Gasteiger charge is 2.12. The van der Waals surface area contributed by atoms with Crippen LogP contribution in [0.3, 0.4) is 0 Å². The summed E-state index contributed by atoms with van der Waals surface area (Å²) in [5.74, 6) is -0.523. The Kier molecular flexibility index (Phi) is 5.50. The average molecular weight is 401 g/mol. The minimum atomic E-state index is -0.530. The molecule has 1 aromatic heterocycles. The Bertz CT molecular complexity index is 1100. The molecule has 1 heterocycles. The highest BCUT2D eigenvalue weighted by Crippen LogP contribution is 2.29. The number of rotatable bonds is 7. The van der Waals surface area contributed by atoms with E-state index in [4.69, 9.17) is 4.84 Å². The maximum Gasteiger partial charge on any atom is 0.270 e. The summed E-state index contributed by atoms with van der Waals surface area (Å²) in [6, 6.07) is 9.97. The lowest BCUT2D eigenvalue weighted by molar-refractivity contribution is -0.385. The molecule has 142 valence electrons. The predicted octanol–water partition coefficient (Wildman–Crippen LogP) is 3.10. The molecule has 0 aliphatic rings. The van der Waals surface area contributed by atoms with Crippen molar-refractivity contribution in [2.24, 2.45) is 5.16 Å². The number of nitro benzene ring substituents is 2. The number of nitro groups is 2. The molecular weight excluding hydrogens is 390 g/mol. The number of oxime groups is 1. The number of benzene rings is 2. The molecule has 0 radical (unpaired) electrons. The molecule has 11 nitrogen and oxygen atoms in total. The smallest absolute Gasteiger partial charge is 0.270 e. The quantitative estimate of drug-likeness (QED) is 0.363. The Hall–Kier alpha value is -3.93. The summed E-state index contributed by atoms with van der Waals surface area (Å²) < 4.78 is 0.564. The van der Waals surface area contributed by atoms with E-state index < -0.39 is 22.4 Å². The molecule has 0 saturated heterocycles. The van der Waals surface area contributed by atoms with Crippen molar-refractivity contribution in [2.75, 3.05) is 11.9 Å². The highest BCUT2D eigenvalue weighted by molar-refractivity contribution is 7.22. The molecule has 0 bridgehead atoms. The van der Waals surface area contributed by atoms with Gasteiger partial charge in [-0.3, -0.25) is 30.3 Å². The van der Waals surface area contributed by atoms with Gasteiger partial charge in [0.05, 0.1) is 26.3 Å². The summed E-state index contributed by atoms with van der Waals surface area (Å²) in [4.78, 5) is 41.4. The fourth-order valence-corrected chi connectivity index (χ4v) is 3.06. The van der Waals surface area contributed by atoms with Crippen LogP contribution in [-0.2, 0) is 9.63 Å². The van der Waals surface area contributed by atoms with Crippen LogP contribution in [0.25, 0.3) is 10.2 Å². The van der Waals surface area contributed by atoms with Gasteiger partial charge in [-0.15, -0.1) is 0 Å². The first kappa shape index (κ1) is 18.8. The first-order chi connectivity index (χ1) is 13.4. The third-order valence-electron chi connectivity index (χ3n) is 3.38. The van der Waals surface area contributed by atoms with Crippen molar-refractivity contribution in [3.05, 3.63) is 68.3 Å². The van der Waals surface area contributed by atoms with Crippen molar-refractivity contribution in [1.29, 1.82) is 0 Å². The third-order valence-corrected chi connectivity index (χ3v) is 4.32. The summed E-state index contributed by atoms with van der Waals surface area (Å²) in [6.45, 7) is -0.401. The number of carbonyl (C=O) groups is 1. The number of nitrogens with zero attached hydrogens (tertiary/aromatic N) is 4. The van der Waals surface area contributed by atoms with Crippen LogP contribution >= 0.6 is 11.3 Å². The van der Waals surface area contributed by atoms with Gasteiger partial charge in [0.2, 0.25) is 0 Å². The number of hydrogen-bond donors (Lipinski definition) is 1. The standard InChI is InChI=1S/C16H11N5O6S/c22-15(9-27-17-8-10-2-1-3-11(6-10)20(23)24)19-16-18-13-5-4-12(21(25)26)7-14(13)28-16/h1-8H,9H2,(H,18,19,22)/b17-8+. The largest absolute Gasteiger partial charge is 0.386 e. The number of hydrogen-bond acceptors (Lipinski definition) is 9. The van der Waals surface area contributed by atoms with Crippen LogP contribution in [-0.4, -0.2) is 33.6 Å². The second kappa shape index (κ2) is 8.18. The van der Waals surface area contributed by atoms with Gasteiger partial charge in [-0.05, 0) is 6.07 Å². The van der Waals surface area contributed by atoms with Gasteiger partial charge in [-0.25, -0.2) is 4.98 Å².